The number of aldehydes is 1. The summed E-state index contributed by atoms with van der Waals surface area (Å²) in [5, 5.41) is 11.4. The Bertz CT molecular complexity index is 2030. The maximum atomic E-state index is 14.6. The van der Waals surface area contributed by atoms with Gasteiger partial charge in [-0.3, -0.25) is 14.4 Å². The zero-order valence-corrected chi connectivity index (χ0v) is 34.9. The molecule has 0 bridgehead atoms. The summed E-state index contributed by atoms with van der Waals surface area (Å²) in [6.07, 6.45) is 4.76. The van der Waals surface area contributed by atoms with Gasteiger partial charge >= 0.3 is 6.09 Å². The van der Waals surface area contributed by atoms with Crippen molar-refractivity contribution >= 4 is 73.4 Å². The SMILES string of the molecule is C=C[C@@H]1C[C@@]1(C=O)NC(=O)[C@@H]1C[C@@H](Oc2cc(-c3csc(NC(=O)C(C)C)n3)nc3c(Br)c(OC)ccc23)CN1C(=O)[C@@H](NC(=O)OC1CCCC1)C(C)(C)C. The van der Waals surface area contributed by atoms with Gasteiger partial charge in [-0.1, -0.05) is 40.7 Å². The number of anilines is 1. The molecule has 2 saturated carbocycles. The van der Waals surface area contributed by atoms with Gasteiger partial charge in [-0.25, -0.2) is 14.8 Å². The second-order valence-electron chi connectivity index (χ2n) is 16.1. The Morgan fingerprint density at radius 2 is 1.82 bits per heavy atom. The number of aromatic nitrogens is 2. The fraction of sp³-hybridized carbons (Fsp3) is 0.525. The molecule has 2 aromatic heterocycles. The number of amides is 4. The van der Waals surface area contributed by atoms with Crippen LogP contribution in [0.15, 0.2) is 40.7 Å². The molecule has 1 saturated heterocycles. The van der Waals surface area contributed by atoms with Crippen LogP contribution in [0, 0.1) is 17.3 Å². The molecule has 3 aliphatic rings. The van der Waals surface area contributed by atoms with Crippen molar-refractivity contribution in [1.82, 2.24) is 25.5 Å². The van der Waals surface area contributed by atoms with Crippen LogP contribution in [0.4, 0.5) is 9.93 Å². The van der Waals surface area contributed by atoms with E-state index in [0.717, 1.165) is 32.0 Å². The number of fused-ring (bicyclic) bond motifs is 1. The molecule has 6 rings (SSSR count). The lowest BCUT2D eigenvalue weighted by Gasteiger charge is -2.35. The largest absolute Gasteiger partial charge is 0.495 e. The summed E-state index contributed by atoms with van der Waals surface area (Å²) in [5.41, 5.74) is -0.379. The number of methoxy groups -OCH3 is 1. The van der Waals surface area contributed by atoms with E-state index < -0.39 is 47.0 Å². The molecule has 14 nitrogen and oxygen atoms in total. The zero-order valence-electron chi connectivity index (χ0n) is 32.5. The number of hydrogen-bond acceptors (Lipinski definition) is 11. The topological polar surface area (TPSA) is 178 Å². The monoisotopic (exact) mass is 852 g/mol. The third kappa shape index (κ3) is 8.70. The summed E-state index contributed by atoms with van der Waals surface area (Å²) < 4.78 is 18.5. The van der Waals surface area contributed by atoms with Gasteiger partial charge in [-0.05, 0) is 65.6 Å². The van der Waals surface area contributed by atoms with Crippen LogP contribution in [-0.2, 0) is 23.9 Å². The number of benzene rings is 1. The summed E-state index contributed by atoms with van der Waals surface area (Å²) in [5.74, 6) is -0.648. The number of pyridine rings is 1. The average molecular weight is 854 g/mol. The normalized spacial score (nSPS) is 22.7. The first-order chi connectivity index (χ1) is 26.6. The van der Waals surface area contributed by atoms with Crippen molar-refractivity contribution in [3.63, 3.8) is 0 Å². The molecule has 0 radical (unpaired) electrons. The van der Waals surface area contributed by atoms with Crippen LogP contribution >= 0.6 is 27.3 Å². The highest BCUT2D eigenvalue weighted by Gasteiger charge is 2.56. The number of carbonyl (C=O) groups excluding carboxylic acids is 5. The Balaban J connectivity index is 1.33. The number of nitrogens with zero attached hydrogens (tertiary/aromatic N) is 3. The van der Waals surface area contributed by atoms with Gasteiger partial charge in [-0.15, -0.1) is 17.9 Å². The van der Waals surface area contributed by atoms with E-state index in [0.29, 0.717) is 49.8 Å². The molecule has 0 unspecified atom stereocenters. The third-order valence-electron chi connectivity index (χ3n) is 10.6. The molecule has 3 fully saturated rings. The first-order valence-corrected chi connectivity index (χ1v) is 20.5. The van der Waals surface area contributed by atoms with Gasteiger partial charge in [0.2, 0.25) is 17.7 Å². The van der Waals surface area contributed by atoms with Gasteiger partial charge in [0.15, 0.2) is 5.13 Å². The molecule has 1 aromatic carbocycles. The second kappa shape index (κ2) is 16.5. The molecule has 2 aliphatic carbocycles. The van der Waals surface area contributed by atoms with Crippen LogP contribution < -0.4 is 25.4 Å². The fourth-order valence-corrected chi connectivity index (χ4v) is 8.50. The highest BCUT2D eigenvalue weighted by Crippen LogP contribution is 2.44. The van der Waals surface area contributed by atoms with E-state index in [4.69, 9.17) is 19.2 Å². The number of halogens is 1. The van der Waals surface area contributed by atoms with Crippen molar-refractivity contribution in [2.45, 2.75) is 103 Å². The van der Waals surface area contributed by atoms with E-state index in [1.807, 2.05) is 26.8 Å². The van der Waals surface area contributed by atoms with Gasteiger partial charge in [-0.2, -0.15) is 0 Å². The Morgan fingerprint density at radius 1 is 1.09 bits per heavy atom. The molecular formula is C40H49BrN6O8S. The lowest BCUT2D eigenvalue weighted by atomic mass is 9.85. The number of alkyl carbamates (subject to hydrolysis) is 1. The number of nitrogens with one attached hydrogen (secondary N) is 3. The van der Waals surface area contributed by atoms with Crippen LogP contribution in [0.3, 0.4) is 0 Å². The van der Waals surface area contributed by atoms with Crippen LogP contribution in [-0.4, -0.2) is 88.5 Å². The minimum Gasteiger partial charge on any atom is -0.495 e. The second-order valence-corrected chi connectivity index (χ2v) is 17.7. The summed E-state index contributed by atoms with van der Waals surface area (Å²) in [6, 6.07) is 3.26. The molecule has 56 heavy (non-hydrogen) atoms. The quantitative estimate of drug-likeness (QED) is 0.129. The highest BCUT2D eigenvalue weighted by molar-refractivity contribution is 9.10. The Labute approximate surface area is 338 Å². The van der Waals surface area contributed by atoms with E-state index in [-0.39, 0.29) is 36.8 Å². The Morgan fingerprint density at radius 3 is 2.45 bits per heavy atom. The number of hydrogen-bond donors (Lipinski definition) is 3. The number of ether oxygens (including phenoxy) is 3. The molecule has 3 heterocycles. The van der Waals surface area contributed by atoms with Gasteiger partial charge in [0.25, 0.3) is 0 Å². The van der Waals surface area contributed by atoms with Crippen LogP contribution in [0.5, 0.6) is 11.5 Å². The van der Waals surface area contributed by atoms with Gasteiger partial charge in [0, 0.05) is 35.1 Å². The summed E-state index contributed by atoms with van der Waals surface area (Å²) in [6.45, 7) is 12.9. The maximum Gasteiger partial charge on any atom is 0.408 e. The van der Waals surface area contributed by atoms with E-state index in [2.05, 4.69) is 43.4 Å². The van der Waals surface area contributed by atoms with Crippen molar-refractivity contribution in [2.75, 3.05) is 19.0 Å². The first-order valence-electron chi connectivity index (χ1n) is 18.9. The van der Waals surface area contributed by atoms with Crippen LogP contribution in [0.1, 0.15) is 73.1 Å². The van der Waals surface area contributed by atoms with Crippen molar-refractivity contribution in [1.29, 1.82) is 0 Å². The number of likely N-dealkylation sites (tertiary alicyclic amines) is 1. The van der Waals surface area contributed by atoms with Gasteiger partial charge in [0.05, 0.1) is 29.3 Å². The third-order valence-corrected chi connectivity index (χ3v) is 12.1. The molecule has 300 valence electrons. The van der Waals surface area contributed by atoms with E-state index in [1.165, 1.54) is 16.2 Å². The minimum atomic E-state index is -1.10. The zero-order chi connectivity index (χ0) is 40.5. The Kier molecular flexibility index (Phi) is 12.1. The van der Waals surface area contributed by atoms with Crippen LogP contribution in [0.2, 0.25) is 0 Å². The fourth-order valence-electron chi connectivity index (χ4n) is 7.19. The molecule has 0 spiro atoms. The van der Waals surface area contributed by atoms with E-state index in [1.54, 1.807) is 44.5 Å². The predicted molar refractivity (Wildman–Crippen MR) is 215 cm³/mol. The first kappa shape index (κ1) is 41.1. The standard InChI is InChI=1S/C40H49BrN6O8S/c1-8-22-17-40(22,20-48)46-35(50)28-15-24(18-47(28)36(51)33(39(4,5)6)44-38(52)55-23-11-9-10-12-23)54-30-16-26(27-19-56-37(43-27)45-34(49)21(2)3)42-32-25(30)13-14-29(53-7)31(32)41/h8,13-14,16,19-24,28,33H,1,9-12,15,17-18H2,2-7H3,(H,44,52)(H,46,50)(H,43,45,49)/t22-,24-,28+,33-,40+/m1/s1. The van der Waals surface area contributed by atoms with Crippen molar-refractivity contribution in [2.24, 2.45) is 17.3 Å². The highest BCUT2D eigenvalue weighted by atomic mass is 79.9. The average Bonchev–Trinajstić information content (AvgIpc) is 3.59. The lowest BCUT2D eigenvalue weighted by molar-refractivity contribution is -0.142. The molecule has 5 atom stereocenters. The number of carbonyl (C=O) groups is 5. The molecule has 3 aromatic rings. The molecule has 1 aliphatic heterocycles. The van der Waals surface area contributed by atoms with Crippen LogP contribution in [0.25, 0.3) is 22.3 Å². The Hall–Kier alpha value is -4.57. The molecule has 4 amide bonds. The summed E-state index contributed by atoms with van der Waals surface area (Å²) >= 11 is 4.90. The summed E-state index contributed by atoms with van der Waals surface area (Å²) in [7, 11) is 1.55. The summed E-state index contributed by atoms with van der Waals surface area (Å²) in [4.78, 5) is 77.4. The number of rotatable bonds is 13. The lowest BCUT2D eigenvalue weighted by Crippen LogP contribution is -2.58. The smallest absolute Gasteiger partial charge is 0.408 e. The number of thiazole rings is 1. The molecule has 3 N–H and O–H groups in total. The minimum absolute atomic E-state index is 0.000383. The van der Waals surface area contributed by atoms with Crippen molar-refractivity contribution in [3.05, 3.63) is 40.7 Å². The predicted octanol–water partition coefficient (Wildman–Crippen LogP) is 6.42. The van der Waals surface area contributed by atoms with E-state index >= 15 is 0 Å². The van der Waals surface area contributed by atoms with Crippen molar-refractivity contribution in [3.8, 4) is 22.9 Å². The van der Waals surface area contributed by atoms with Gasteiger partial charge < -0.3 is 39.9 Å². The van der Waals surface area contributed by atoms with E-state index in [9.17, 15) is 24.0 Å². The van der Waals surface area contributed by atoms with Crippen molar-refractivity contribution < 1.29 is 38.2 Å². The maximum absolute atomic E-state index is 14.6. The molecule has 16 heteroatoms. The molecular weight excluding hydrogens is 804 g/mol. The van der Waals surface area contributed by atoms with Gasteiger partial charge in [0.1, 0.15) is 53.3 Å².